The van der Waals surface area contributed by atoms with Gasteiger partial charge in [-0.15, -0.1) is 0 Å². The summed E-state index contributed by atoms with van der Waals surface area (Å²) in [5.74, 6) is 1.69. The van der Waals surface area contributed by atoms with Gasteiger partial charge in [-0.2, -0.15) is 0 Å². The minimum atomic E-state index is 0.0241. The lowest BCUT2D eigenvalue weighted by atomic mass is 10.1. The van der Waals surface area contributed by atoms with Crippen molar-refractivity contribution in [2.24, 2.45) is 0 Å². The molecule has 0 amide bonds. The van der Waals surface area contributed by atoms with E-state index in [0.717, 1.165) is 33.6 Å². The van der Waals surface area contributed by atoms with Gasteiger partial charge in [0.2, 0.25) is 0 Å². The van der Waals surface area contributed by atoms with E-state index in [0.29, 0.717) is 26.2 Å². The Kier molecular flexibility index (Phi) is 5.95. The third kappa shape index (κ3) is 4.60. The molecule has 0 saturated heterocycles. The van der Waals surface area contributed by atoms with Crippen molar-refractivity contribution in [2.45, 2.75) is 26.6 Å². The molecule has 30 heavy (non-hydrogen) atoms. The Balaban J connectivity index is 1.60. The monoisotopic (exact) mass is 402 g/mol. The quantitative estimate of drug-likeness (QED) is 0.488. The molecule has 0 bridgehead atoms. The number of nitrogens with one attached hydrogen (secondary N) is 1. The summed E-state index contributed by atoms with van der Waals surface area (Å²) >= 11 is 0. The summed E-state index contributed by atoms with van der Waals surface area (Å²) in [6.07, 6.45) is 3.54. The first kappa shape index (κ1) is 19.9. The zero-order valence-corrected chi connectivity index (χ0v) is 17.3. The van der Waals surface area contributed by atoms with Crippen molar-refractivity contribution in [3.8, 4) is 5.75 Å². The molecule has 6 nitrogen and oxygen atoms in total. The molecule has 2 aromatic carbocycles. The Hall–Kier alpha value is -3.38. The summed E-state index contributed by atoms with van der Waals surface area (Å²) < 4.78 is 7.69. The van der Waals surface area contributed by atoms with Gasteiger partial charge in [-0.3, -0.25) is 9.69 Å². The van der Waals surface area contributed by atoms with Crippen molar-refractivity contribution in [1.82, 2.24) is 19.4 Å². The van der Waals surface area contributed by atoms with Crippen LogP contribution in [0.2, 0.25) is 0 Å². The highest BCUT2D eigenvalue weighted by molar-refractivity contribution is 5.80. The van der Waals surface area contributed by atoms with Crippen LogP contribution in [0.5, 0.6) is 5.75 Å². The van der Waals surface area contributed by atoms with E-state index < -0.39 is 0 Å². The molecule has 1 N–H and O–H groups in total. The molecule has 154 valence electrons. The summed E-state index contributed by atoms with van der Waals surface area (Å²) in [7, 11) is 1.99. The zero-order chi connectivity index (χ0) is 20.9. The second kappa shape index (κ2) is 8.97. The van der Waals surface area contributed by atoms with Crippen LogP contribution in [0.1, 0.15) is 17.0 Å². The fraction of sp³-hybridized carbons (Fsp3) is 0.250. The Labute approximate surface area is 175 Å². The summed E-state index contributed by atoms with van der Waals surface area (Å²) in [5.41, 5.74) is 2.85. The van der Waals surface area contributed by atoms with Gasteiger partial charge in [-0.25, -0.2) is 4.98 Å². The van der Waals surface area contributed by atoms with Crippen molar-refractivity contribution < 1.29 is 4.74 Å². The van der Waals surface area contributed by atoms with Gasteiger partial charge >= 0.3 is 0 Å². The fourth-order valence-electron chi connectivity index (χ4n) is 3.64. The largest absolute Gasteiger partial charge is 0.492 e. The van der Waals surface area contributed by atoms with Crippen LogP contribution in [0.25, 0.3) is 10.9 Å². The van der Waals surface area contributed by atoms with Crippen molar-refractivity contribution >= 4 is 10.9 Å². The van der Waals surface area contributed by atoms with E-state index >= 15 is 0 Å². The first-order valence-corrected chi connectivity index (χ1v) is 10.1. The zero-order valence-electron chi connectivity index (χ0n) is 17.3. The minimum Gasteiger partial charge on any atom is -0.492 e. The lowest BCUT2D eigenvalue weighted by Gasteiger charge is -2.18. The van der Waals surface area contributed by atoms with Crippen LogP contribution >= 0.6 is 0 Å². The highest BCUT2D eigenvalue weighted by Crippen LogP contribution is 2.17. The topological polar surface area (TPSA) is 63.2 Å². The Morgan fingerprint density at radius 2 is 1.93 bits per heavy atom. The van der Waals surface area contributed by atoms with Gasteiger partial charge in [-0.1, -0.05) is 30.3 Å². The van der Waals surface area contributed by atoms with Gasteiger partial charge in [0, 0.05) is 24.5 Å². The first-order valence-electron chi connectivity index (χ1n) is 10.1. The first-order chi connectivity index (χ1) is 14.6. The van der Waals surface area contributed by atoms with E-state index in [1.165, 1.54) is 0 Å². The number of ether oxygens (including phenoxy) is 1. The average molecular weight is 402 g/mol. The van der Waals surface area contributed by atoms with Gasteiger partial charge in [0.05, 0.1) is 18.6 Å². The number of nitrogens with zero attached hydrogens (tertiary/aromatic N) is 3. The molecule has 0 saturated carbocycles. The molecule has 0 unspecified atom stereocenters. The highest BCUT2D eigenvalue weighted by Gasteiger charge is 2.12. The second-order valence-electron chi connectivity index (χ2n) is 7.56. The Morgan fingerprint density at radius 3 is 2.70 bits per heavy atom. The number of benzene rings is 2. The number of aromatic nitrogens is 3. The van der Waals surface area contributed by atoms with Gasteiger partial charge in [-0.05, 0) is 49.2 Å². The molecule has 4 rings (SSSR count). The summed E-state index contributed by atoms with van der Waals surface area (Å²) in [5, 5.41) is 1.06. The fourth-order valence-corrected chi connectivity index (χ4v) is 3.64. The van der Waals surface area contributed by atoms with E-state index in [4.69, 9.17) is 4.74 Å². The molecular formula is C24H26N4O2. The predicted octanol–water partition coefficient (Wildman–Crippen LogP) is 3.74. The van der Waals surface area contributed by atoms with E-state index in [9.17, 15) is 4.79 Å². The van der Waals surface area contributed by atoms with Crippen LogP contribution in [-0.2, 0) is 19.6 Å². The van der Waals surface area contributed by atoms with Crippen LogP contribution in [-0.4, -0.2) is 33.1 Å². The maximum Gasteiger partial charge on any atom is 0.255 e. The Morgan fingerprint density at radius 1 is 1.10 bits per heavy atom. The number of hydrogen-bond donors (Lipinski definition) is 1. The molecule has 0 aliphatic carbocycles. The molecule has 4 aromatic rings. The van der Waals surface area contributed by atoms with E-state index in [-0.39, 0.29) is 5.56 Å². The lowest BCUT2D eigenvalue weighted by Crippen LogP contribution is -2.30. The number of imidazole rings is 1. The van der Waals surface area contributed by atoms with E-state index in [1.807, 2.05) is 54.9 Å². The number of aromatic amines is 1. The molecule has 0 spiro atoms. The van der Waals surface area contributed by atoms with Gasteiger partial charge in [0.25, 0.3) is 5.56 Å². The van der Waals surface area contributed by atoms with Crippen LogP contribution < -0.4 is 10.3 Å². The maximum atomic E-state index is 13.3. The summed E-state index contributed by atoms with van der Waals surface area (Å²) in [4.78, 5) is 22.8. The normalized spacial score (nSPS) is 11.3. The van der Waals surface area contributed by atoms with Gasteiger partial charge in [0.15, 0.2) is 0 Å². The molecular weight excluding hydrogens is 376 g/mol. The molecule has 0 aliphatic rings. The standard InChI is InChI=1S/C24H26N4O2/c1-18-8-9-19-15-20(16-27(2)17-23-25-10-11-26-23)24(29)28(22(19)14-18)12-13-30-21-6-4-3-5-7-21/h3-11,14-15H,12-13,16-17H2,1-2H3,(H,25,26). The number of pyridine rings is 1. The third-order valence-corrected chi connectivity index (χ3v) is 5.07. The van der Waals surface area contributed by atoms with E-state index in [1.54, 1.807) is 12.4 Å². The molecule has 0 atom stereocenters. The second-order valence-corrected chi connectivity index (χ2v) is 7.56. The highest BCUT2D eigenvalue weighted by atomic mass is 16.5. The van der Waals surface area contributed by atoms with Crippen molar-refractivity contribution in [3.63, 3.8) is 0 Å². The van der Waals surface area contributed by atoms with Crippen LogP contribution in [0, 0.1) is 6.92 Å². The third-order valence-electron chi connectivity index (χ3n) is 5.07. The molecule has 6 heteroatoms. The van der Waals surface area contributed by atoms with Crippen molar-refractivity contribution in [2.75, 3.05) is 13.7 Å². The number of fused-ring (bicyclic) bond motifs is 1. The minimum absolute atomic E-state index is 0.0241. The lowest BCUT2D eigenvalue weighted by molar-refractivity contribution is 0.295. The SMILES string of the molecule is Cc1ccc2cc(CN(C)Cc3ncc[nH]3)c(=O)n(CCOc3ccccc3)c2c1. The number of hydrogen-bond acceptors (Lipinski definition) is 4. The number of para-hydroxylation sites is 1. The summed E-state index contributed by atoms with van der Waals surface area (Å²) in [6, 6.07) is 17.9. The van der Waals surface area contributed by atoms with E-state index in [2.05, 4.69) is 33.1 Å². The van der Waals surface area contributed by atoms with Gasteiger partial charge in [0.1, 0.15) is 18.2 Å². The summed E-state index contributed by atoms with van der Waals surface area (Å²) in [6.45, 7) is 4.15. The smallest absolute Gasteiger partial charge is 0.255 e. The molecule has 2 aromatic heterocycles. The number of aryl methyl sites for hydroxylation is 1. The average Bonchev–Trinajstić information content (AvgIpc) is 3.24. The van der Waals surface area contributed by atoms with Gasteiger partial charge < -0.3 is 14.3 Å². The molecule has 0 radical (unpaired) electrons. The maximum absolute atomic E-state index is 13.3. The molecule has 2 heterocycles. The Bertz CT molecular complexity index is 1170. The van der Waals surface area contributed by atoms with Crippen molar-refractivity contribution in [3.05, 3.63) is 94.3 Å². The number of H-pyrrole nitrogens is 1. The number of rotatable bonds is 8. The molecule has 0 aliphatic heterocycles. The van der Waals surface area contributed by atoms with Crippen LogP contribution in [0.4, 0.5) is 0 Å². The predicted molar refractivity (Wildman–Crippen MR) is 119 cm³/mol. The van der Waals surface area contributed by atoms with Crippen molar-refractivity contribution in [1.29, 1.82) is 0 Å². The van der Waals surface area contributed by atoms with Crippen LogP contribution in [0.15, 0.2) is 71.8 Å². The molecule has 0 fully saturated rings. The van der Waals surface area contributed by atoms with Crippen LogP contribution in [0.3, 0.4) is 0 Å².